The quantitative estimate of drug-likeness (QED) is 0.573. The fourth-order valence-corrected chi connectivity index (χ4v) is 0.696. The van der Waals surface area contributed by atoms with Gasteiger partial charge in [-0.2, -0.15) is 0 Å². The fourth-order valence-electron chi connectivity index (χ4n) is 0.696. The van der Waals surface area contributed by atoms with Gasteiger partial charge in [0.2, 0.25) is 0 Å². The summed E-state index contributed by atoms with van der Waals surface area (Å²) in [5.41, 5.74) is -0.0718. The van der Waals surface area contributed by atoms with Crippen LogP contribution in [0.3, 0.4) is 0 Å². The summed E-state index contributed by atoms with van der Waals surface area (Å²) in [6.07, 6.45) is 1.75. The first-order valence-electron chi connectivity index (χ1n) is 4.19. The Bertz CT molecular complexity index is 115. The van der Waals surface area contributed by atoms with Crippen LogP contribution in [0.25, 0.3) is 0 Å². The molecule has 0 saturated carbocycles. The topological polar surface area (TPSA) is 35.5 Å². The molecular formula is C9H17O3. The predicted octanol–water partition coefficient (Wildman–Crippen LogP) is 1.67. The van der Waals surface area contributed by atoms with Crippen LogP contribution in [0.1, 0.15) is 33.6 Å². The summed E-state index contributed by atoms with van der Waals surface area (Å²) in [5.74, 6) is 0. The molecule has 0 aliphatic heterocycles. The molecule has 0 rings (SSSR count). The van der Waals surface area contributed by atoms with Crippen LogP contribution in [0.5, 0.6) is 0 Å². The van der Waals surface area contributed by atoms with E-state index in [9.17, 15) is 4.79 Å². The molecule has 0 aliphatic rings. The maximum atomic E-state index is 9.62. The molecule has 0 bridgehead atoms. The van der Waals surface area contributed by atoms with Crippen LogP contribution in [0.15, 0.2) is 0 Å². The van der Waals surface area contributed by atoms with Gasteiger partial charge in [0.25, 0.3) is 0 Å². The van der Waals surface area contributed by atoms with Gasteiger partial charge < -0.3 is 9.47 Å². The van der Waals surface area contributed by atoms with Crippen molar-refractivity contribution < 1.29 is 14.3 Å². The van der Waals surface area contributed by atoms with Gasteiger partial charge in [-0.1, -0.05) is 0 Å². The van der Waals surface area contributed by atoms with E-state index in [2.05, 4.69) is 4.74 Å². The van der Waals surface area contributed by atoms with Gasteiger partial charge in [0.1, 0.15) is 0 Å². The molecule has 0 amide bonds. The molecule has 0 aromatic heterocycles. The maximum absolute atomic E-state index is 9.62. The van der Waals surface area contributed by atoms with Crippen molar-refractivity contribution in [2.45, 2.75) is 39.2 Å². The summed E-state index contributed by atoms with van der Waals surface area (Å²) >= 11 is 0. The van der Waals surface area contributed by atoms with Crippen molar-refractivity contribution in [3.05, 3.63) is 0 Å². The van der Waals surface area contributed by atoms with Crippen LogP contribution in [0, 0.1) is 0 Å². The molecule has 3 heteroatoms. The molecule has 1 radical (unpaired) electrons. The minimum atomic E-state index is -0.0718. The molecule has 71 valence electrons. The van der Waals surface area contributed by atoms with E-state index >= 15 is 0 Å². The number of carbonyl (C=O) groups excluding carboxylic acids is 1. The van der Waals surface area contributed by atoms with Crippen LogP contribution in [0.2, 0.25) is 0 Å². The highest BCUT2D eigenvalue weighted by molar-refractivity contribution is 5.37. The van der Waals surface area contributed by atoms with Gasteiger partial charge in [0, 0.05) is 6.61 Å². The summed E-state index contributed by atoms with van der Waals surface area (Å²) in [4.78, 5) is 9.62. The van der Waals surface area contributed by atoms with E-state index in [-0.39, 0.29) is 5.60 Å². The van der Waals surface area contributed by atoms with E-state index < -0.39 is 0 Å². The third-order valence-electron chi connectivity index (χ3n) is 1.23. The number of ether oxygens (including phenoxy) is 2. The largest absolute Gasteiger partial charge is 0.457 e. The van der Waals surface area contributed by atoms with E-state index in [0.717, 1.165) is 12.8 Å². The van der Waals surface area contributed by atoms with E-state index in [1.807, 2.05) is 20.8 Å². The van der Waals surface area contributed by atoms with Crippen LogP contribution in [0.4, 0.5) is 0 Å². The lowest BCUT2D eigenvalue weighted by Gasteiger charge is -2.19. The zero-order valence-electron chi connectivity index (χ0n) is 8.05. The fraction of sp³-hybridized carbons (Fsp3) is 0.889. The Kier molecular flexibility index (Phi) is 5.72. The smallest absolute Gasteiger partial charge is 0.417 e. The number of rotatable bonds is 6. The third-order valence-corrected chi connectivity index (χ3v) is 1.23. The normalized spacial score (nSPS) is 11.2. The van der Waals surface area contributed by atoms with Gasteiger partial charge in [-0.25, -0.2) is 4.79 Å². The molecule has 3 nitrogen and oxygen atoms in total. The second-order valence-electron chi connectivity index (χ2n) is 3.60. The Morgan fingerprint density at radius 2 is 1.75 bits per heavy atom. The van der Waals surface area contributed by atoms with E-state index in [4.69, 9.17) is 4.74 Å². The molecule has 12 heavy (non-hydrogen) atoms. The monoisotopic (exact) mass is 173 g/mol. The SMILES string of the molecule is CC(C)(C)OCCCCO[C]=O. The Hall–Kier alpha value is -0.570. The second kappa shape index (κ2) is 6.00. The molecule has 0 heterocycles. The number of hydrogen-bond acceptors (Lipinski definition) is 3. The molecular weight excluding hydrogens is 156 g/mol. The van der Waals surface area contributed by atoms with Gasteiger partial charge in [-0.15, -0.1) is 0 Å². The summed E-state index contributed by atoms with van der Waals surface area (Å²) in [6, 6.07) is 0. The molecule has 0 aliphatic carbocycles. The highest BCUT2D eigenvalue weighted by Gasteiger charge is 2.08. The van der Waals surface area contributed by atoms with Crippen molar-refractivity contribution >= 4 is 6.47 Å². The first kappa shape index (κ1) is 11.4. The number of unbranched alkanes of at least 4 members (excludes halogenated alkanes) is 1. The predicted molar refractivity (Wildman–Crippen MR) is 46.6 cm³/mol. The zero-order valence-corrected chi connectivity index (χ0v) is 8.05. The second-order valence-corrected chi connectivity index (χ2v) is 3.60. The van der Waals surface area contributed by atoms with Gasteiger partial charge in [-0.05, 0) is 33.6 Å². The summed E-state index contributed by atoms with van der Waals surface area (Å²) in [6.45, 7) is 8.59. The van der Waals surface area contributed by atoms with Crippen LogP contribution in [-0.2, 0) is 14.3 Å². The minimum absolute atomic E-state index is 0.0718. The van der Waals surface area contributed by atoms with Gasteiger partial charge in [-0.3, -0.25) is 0 Å². The summed E-state index contributed by atoms with van der Waals surface area (Å²) in [7, 11) is 0. The van der Waals surface area contributed by atoms with Crippen LogP contribution in [-0.4, -0.2) is 25.3 Å². The highest BCUT2D eigenvalue weighted by atomic mass is 16.5. The Balaban J connectivity index is 3.06. The molecule has 0 aromatic carbocycles. The lowest BCUT2D eigenvalue weighted by molar-refractivity contribution is -0.00569. The third kappa shape index (κ3) is 9.43. The molecule has 0 saturated heterocycles. The van der Waals surface area contributed by atoms with Crippen molar-refractivity contribution in [3.63, 3.8) is 0 Å². The van der Waals surface area contributed by atoms with E-state index in [1.54, 1.807) is 0 Å². The van der Waals surface area contributed by atoms with Crippen molar-refractivity contribution in [2.24, 2.45) is 0 Å². The van der Waals surface area contributed by atoms with Gasteiger partial charge in [0.05, 0.1) is 12.2 Å². The van der Waals surface area contributed by atoms with Crippen LogP contribution < -0.4 is 0 Å². The zero-order chi connectivity index (χ0) is 9.45. The lowest BCUT2D eigenvalue weighted by Crippen LogP contribution is -2.19. The lowest BCUT2D eigenvalue weighted by atomic mass is 10.2. The first-order chi connectivity index (χ1) is 5.56. The average molecular weight is 173 g/mol. The standard InChI is InChI=1S/C9H17O3/c1-9(2,3)12-7-5-4-6-11-8-10/h4-7H2,1-3H3. The molecule has 0 atom stereocenters. The Labute approximate surface area is 74.0 Å². The van der Waals surface area contributed by atoms with Gasteiger partial charge in [0.15, 0.2) is 0 Å². The van der Waals surface area contributed by atoms with E-state index in [1.165, 1.54) is 6.47 Å². The summed E-state index contributed by atoms with van der Waals surface area (Å²) < 4.78 is 9.86. The van der Waals surface area contributed by atoms with Crippen molar-refractivity contribution in [2.75, 3.05) is 13.2 Å². The molecule has 0 N–H and O–H groups in total. The van der Waals surface area contributed by atoms with Crippen LogP contribution >= 0.6 is 0 Å². The van der Waals surface area contributed by atoms with E-state index in [0.29, 0.717) is 13.2 Å². The minimum Gasteiger partial charge on any atom is -0.457 e. The average Bonchev–Trinajstić information content (AvgIpc) is 1.94. The number of hydrogen-bond donors (Lipinski definition) is 0. The molecule has 0 aromatic rings. The highest BCUT2D eigenvalue weighted by Crippen LogP contribution is 2.07. The maximum Gasteiger partial charge on any atom is 0.417 e. The van der Waals surface area contributed by atoms with Gasteiger partial charge >= 0.3 is 6.47 Å². The Morgan fingerprint density at radius 3 is 2.25 bits per heavy atom. The van der Waals surface area contributed by atoms with Crippen molar-refractivity contribution in [3.8, 4) is 0 Å². The molecule has 0 fully saturated rings. The van der Waals surface area contributed by atoms with Crippen molar-refractivity contribution in [1.29, 1.82) is 0 Å². The first-order valence-corrected chi connectivity index (χ1v) is 4.19. The van der Waals surface area contributed by atoms with Crippen molar-refractivity contribution in [1.82, 2.24) is 0 Å². The molecule has 0 unspecified atom stereocenters. The summed E-state index contributed by atoms with van der Waals surface area (Å²) in [5, 5.41) is 0. The Morgan fingerprint density at radius 1 is 1.17 bits per heavy atom. The molecule has 0 spiro atoms.